The van der Waals surface area contributed by atoms with Crippen LogP contribution >= 0.6 is 23.9 Å². The lowest BCUT2D eigenvalue weighted by molar-refractivity contribution is 0.139. The largest absolute Gasteiger partial charge is 0.350 e. The standard InChI is InChI=1S/C4H12N6O2S2/c5-1-14-10(4(7)12)9(2-13-8)3(6)11/h1-2,5,8H2,(H2,6,11)(H2,7,12). The summed E-state index contributed by atoms with van der Waals surface area (Å²) >= 11 is 1.68. The lowest BCUT2D eigenvalue weighted by Crippen LogP contribution is -2.50. The van der Waals surface area contributed by atoms with E-state index in [0.717, 1.165) is 33.3 Å². The minimum Gasteiger partial charge on any atom is -0.350 e. The fourth-order valence-electron chi connectivity index (χ4n) is 0.599. The molecule has 0 aliphatic rings. The topological polar surface area (TPSA) is 145 Å². The Labute approximate surface area is 89.5 Å². The Bertz CT molecular complexity index is 192. The molecule has 8 N–H and O–H groups in total. The average Bonchev–Trinajstić information content (AvgIpc) is 2.10. The normalized spacial score (nSPS) is 9.57. The van der Waals surface area contributed by atoms with Gasteiger partial charge in [-0.2, -0.15) is 4.41 Å². The summed E-state index contributed by atoms with van der Waals surface area (Å²) in [7, 11) is 0. The van der Waals surface area contributed by atoms with E-state index in [9.17, 15) is 9.59 Å². The quantitative estimate of drug-likeness (QED) is 0.275. The summed E-state index contributed by atoms with van der Waals surface area (Å²) in [4.78, 5) is 21.8. The van der Waals surface area contributed by atoms with Crippen molar-refractivity contribution in [2.75, 3.05) is 11.8 Å². The van der Waals surface area contributed by atoms with E-state index in [2.05, 4.69) is 0 Å². The van der Waals surface area contributed by atoms with Crippen molar-refractivity contribution in [1.29, 1.82) is 0 Å². The predicted molar refractivity (Wildman–Crippen MR) is 56.1 cm³/mol. The maximum Gasteiger partial charge on any atom is 0.344 e. The van der Waals surface area contributed by atoms with Crippen molar-refractivity contribution >= 4 is 36.0 Å². The van der Waals surface area contributed by atoms with Crippen LogP contribution in [0.3, 0.4) is 0 Å². The summed E-state index contributed by atoms with van der Waals surface area (Å²) in [5.41, 5.74) is 15.2. The molecule has 0 aliphatic carbocycles. The molecule has 0 saturated carbocycles. The molecule has 0 unspecified atom stereocenters. The van der Waals surface area contributed by atoms with Crippen molar-refractivity contribution < 1.29 is 9.59 Å². The molecule has 0 radical (unpaired) electrons. The number of nitrogens with two attached hydrogens (primary N) is 4. The molecule has 0 fully saturated rings. The van der Waals surface area contributed by atoms with Crippen LogP contribution in [0.1, 0.15) is 0 Å². The molecule has 8 nitrogen and oxygen atoms in total. The Morgan fingerprint density at radius 2 is 1.79 bits per heavy atom. The Balaban J connectivity index is 4.54. The van der Waals surface area contributed by atoms with Gasteiger partial charge in [-0.25, -0.2) is 14.6 Å². The second-order valence-corrected chi connectivity index (χ2v) is 3.47. The molecule has 14 heavy (non-hydrogen) atoms. The van der Waals surface area contributed by atoms with Gasteiger partial charge in [0.15, 0.2) is 0 Å². The molecule has 0 atom stereocenters. The van der Waals surface area contributed by atoms with Crippen LogP contribution in [0, 0.1) is 0 Å². The third kappa shape index (κ3) is 3.91. The maximum atomic E-state index is 10.9. The highest BCUT2D eigenvalue weighted by atomic mass is 32.2. The Morgan fingerprint density at radius 1 is 1.21 bits per heavy atom. The monoisotopic (exact) mass is 240 g/mol. The molecule has 0 heterocycles. The minimum absolute atomic E-state index is 0.0191. The lowest BCUT2D eigenvalue weighted by atomic mass is 10.9. The molecule has 0 aliphatic heterocycles. The molecule has 0 spiro atoms. The van der Waals surface area contributed by atoms with Gasteiger partial charge < -0.3 is 17.2 Å². The van der Waals surface area contributed by atoms with E-state index >= 15 is 0 Å². The Kier molecular flexibility index (Phi) is 6.19. The summed E-state index contributed by atoms with van der Waals surface area (Å²) in [5.74, 6) is 0.104. The van der Waals surface area contributed by atoms with Crippen molar-refractivity contribution in [1.82, 2.24) is 9.42 Å². The predicted octanol–water partition coefficient (Wildman–Crippen LogP) is -1.21. The van der Waals surface area contributed by atoms with Crippen LogP contribution in [0.25, 0.3) is 0 Å². The van der Waals surface area contributed by atoms with Crippen molar-refractivity contribution in [2.24, 2.45) is 22.3 Å². The Morgan fingerprint density at radius 3 is 2.07 bits per heavy atom. The molecule has 0 rings (SSSR count). The number of nitrogens with zero attached hydrogens (tertiary/aromatic N) is 2. The first-order valence-corrected chi connectivity index (χ1v) is 5.34. The maximum absolute atomic E-state index is 10.9. The van der Waals surface area contributed by atoms with Gasteiger partial charge >= 0.3 is 12.1 Å². The van der Waals surface area contributed by atoms with E-state index in [-0.39, 0.29) is 11.8 Å². The molecule has 0 aromatic carbocycles. The number of hydrogen-bond acceptors (Lipinski definition) is 6. The zero-order chi connectivity index (χ0) is 11.1. The molecule has 0 bridgehead atoms. The molecule has 0 aromatic heterocycles. The highest BCUT2D eigenvalue weighted by Gasteiger charge is 2.22. The number of hydrazine groups is 1. The molecule has 82 valence electrons. The van der Waals surface area contributed by atoms with Gasteiger partial charge in [-0.3, -0.25) is 5.14 Å². The Hall–Kier alpha value is -0.840. The number of carbonyl (C=O) groups is 2. The minimum atomic E-state index is -0.840. The van der Waals surface area contributed by atoms with Crippen LogP contribution < -0.4 is 22.3 Å². The van der Waals surface area contributed by atoms with Gasteiger partial charge in [-0.15, -0.1) is 0 Å². The highest BCUT2D eigenvalue weighted by molar-refractivity contribution is 7.98. The van der Waals surface area contributed by atoms with E-state index in [0.29, 0.717) is 0 Å². The van der Waals surface area contributed by atoms with Gasteiger partial charge in [-0.1, -0.05) is 11.9 Å². The average molecular weight is 240 g/mol. The van der Waals surface area contributed by atoms with Crippen LogP contribution in [0.5, 0.6) is 0 Å². The zero-order valence-electron chi connectivity index (χ0n) is 7.25. The summed E-state index contributed by atoms with van der Waals surface area (Å²) in [5, 5.41) is 6.04. The molecular formula is C4H12N6O2S2. The van der Waals surface area contributed by atoms with Crippen molar-refractivity contribution in [3.05, 3.63) is 0 Å². The van der Waals surface area contributed by atoms with Gasteiger partial charge in [0.25, 0.3) is 0 Å². The fraction of sp³-hybridized carbons (Fsp3) is 0.500. The van der Waals surface area contributed by atoms with Crippen LogP contribution in [0.2, 0.25) is 0 Å². The zero-order valence-corrected chi connectivity index (χ0v) is 8.88. The first kappa shape index (κ1) is 13.2. The second-order valence-electron chi connectivity index (χ2n) is 1.94. The van der Waals surface area contributed by atoms with E-state index in [1.165, 1.54) is 0 Å². The van der Waals surface area contributed by atoms with Gasteiger partial charge in [0.1, 0.15) is 5.88 Å². The second kappa shape index (κ2) is 6.59. The van der Waals surface area contributed by atoms with Gasteiger partial charge in [-0.05, 0) is 11.9 Å². The summed E-state index contributed by atoms with van der Waals surface area (Å²) in [6.45, 7) is 0. The van der Waals surface area contributed by atoms with Crippen molar-refractivity contribution in [2.45, 2.75) is 0 Å². The van der Waals surface area contributed by atoms with Gasteiger partial charge in [0.05, 0.1) is 5.88 Å². The SMILES string of the molecule is NCSN(C(N)=O)N(CSN)C(N)=O. The molecule has 10 heteroatoms. The van der Waals surface area contributed by atoms with E-state index in [1.54, 1.807) is 0 Å². The van der Waals surface area contributed by atoms with Crippen molar-refractivity contribution in [3.63, 3.8) is 0 Å². The molecule has 4 amide bonds. The van der Waals surface area contributed by atoms with Gasteiger partial charge in [0, 0.05) is 0 Å². The van der Waals surface area contributed by atoms with Crippen molar-refractivity contribution in [3.8, 4) is 0 Å². The van der Waals surface area contributed by atoms with Gasteiger partial charge in [0.2, 0.25) is 0 Å². The van der Waals surface area contributed by atoms with E-state index < -0.39 is 12.1 Å². The number of amides is 4. The first-order valence-electron chi connectivity index (χ1n) is 3.35. The molecule has 0 saturated heterocycles. The van der Waals surface area contributed by atoms with Crippen LogP contribution in [-0.4, -0.2) is 33.2 Å². The number of primary amides is 2. The number of hydrogen-bond donors (Lipinski definition) is 4. The smallest absolute Gasteiger partial charge is 0.344 e. The number of urea groups is 2. The van der Waals surface area contributed by atoms with Crippen LogP contribution in [-0.2, 0) is 0 Å². The third-order valence-electron chi connectivity index (χ3n) is 1.06. The summed E-state index contributed by atoms with van der Waals surface area (Å²) in [6.07, 6.45) is 0. The van der Waals surface area contributed by atoms with Crippen LogP contribution in [0.4, 0.5) is 9.59 Å². The highest BCUT2D eigenvalue weighted by Crippen LogP contribution is 2.13. The summed E-state index contributed by atoms with van der Waals surface area (Å²) in [6, 6.07) is -1.67. The molecular weight excluding hydrogens is 228 g/mol. The number of rotatable bonds is 4. The summed E-state index contributed by atoms with van der Waals surface area (Å²) < 4.78 is 0.863. The third-order valence-corrected chi connectivity index (χ3v) is 2.22. The number of carbonyl (C=O) groups excluding carboxylic acids is 2. The van der Waals surface area contributed by atoms with Crippen LogP contribution in [0.15, 0.2) is 0 Å². The first-order chi connectivity index (χ1) is 6.54. The van der Waals surface area contributed by atoms with E-state index in [4.69, 9.17) is 22.3 Å². The fourth-order valence-corrected chi connectivity index (χ4v) is 1.60. The van der Waals surface area contributed by atoms with E-state index in [1.807, 2.05) is 0 Å². The lowest BCUT2D eigenvalue weighted by Gasteiger charge is -2.29. The molecule has 0 aromatic rings.